The summed E-state index contributed by atoms with van der Waals surface area (Å²) in [6, 6.07) is 6.05. The van der Waals surface area contributed by atoms with Crippen molar-refractivity contribution in [1.82, 2.24) is 9.97 Å². The average Bonchev–Trinajstić information content (AvgIpc) is 2.41. The Morgan fingerprint density at radius 2 is 2.05 bits per heavy atom. The third kappa shape index (κ3) is 2.99. The number of benzene rings is 1. The fourth-order valence-corrected chi connectivity index (χ4v) is 2.31. The highest BCUT2D eigenvalue weighted by molar-refractivity contribution is 14.1. The number of nitrogens with zero attached hydrogens (tertiary/aromatic N) is 2. The van der Waals surface area contributed by atoms with Crippen molar-refractivity contribution >= 4 is 28.4 Å². The van der Waals surface area contributed by atoms with Crippen molar-refractivity contribution in [1.29, 1.82) is 0 Å². The van der Waals surface area contributed by atoms with E-state index in [9.17, 15) is 8.78 Å². The summed E-state index contributed by atoms with van der Waals surface area (Å²) in [6.45, 7) is 1.96. The third-order valence-electron chi connectivity index (χ3n) is 2.68. The zero-order chi connectivity index (χ0) is 14.0. The van der Waals surface area contributed by atoms with Crippen LogP contribution in [0.1, 0.15) is 24.6 Å². The van der Waals surface area contributed by atoms with E-state index in [0.29, 0.717) is 23.6 Å². The molecule has 0 saturated carbocycles. The van der Waals surface area contributed by atoms with E-state index in [2.05, 4.69) is 32.6 Å². The summed E-state index contributed by atoms with van der Waals surface area (Å²) in [7, 11) is 0. The van der Waals surface area contributed by atoms with Crippen molar-refractivity contribution in [3.8, 4) is 11.4 Å². The van der Waals surface area contributed by atoms with Crippen molar-refractivity contribution in [2.45, 2.75) is 19.8 Å². The Morgan fingerprint density at radius 3 is 2.68 bits per heavy atom. The van der Waals surface area contributed by atoms with Crippen LogP contribution in [-0.4, -0.2) is 9.97 Å². The van der Waals surface area contributed by atoms with E-state index in [1.165, 1.54) is 12.1 Å². The topological polar surface area (TPSA) is 51.8 Å². The maximum absolute atomic E-state index is 12.7. The predicted molar refractivity (Wildman–Crippen MR) is 78.9 cm³/mol. The Bertz CT molecular complexity index is 602. The molecule has 0 aliphatic heterocycles. The molecule has 2 aromatic rings. The molecule has 6 heteroatoms. The zero-order valence-electron chi connectivity index (χ0n) is 10.2. The van der Waals surface area contributed by atoms with Gasteiger partial charge < -0.3 is 5.73 Å². The molecule has 19 heavy (non-hydrogen) atoms. The Kier molecular flexibility index (Phi) is 4.28. The minimum atomic E-state index is -2.51. The van der Waals surface area contributed by atoms with E-state index in [0.717, 1.165) is 9.26 Å². The van der Waals surface area contributed by atoms with Crippen molar-refractivity contribution in [2.24, 2.45) is 0 Å². The van der Waals surface area contributed by atoms with E-state index >= 15 is 0 Å². The molecule has 3 nitrogen and oxygen atoms in total. The van der Waals surface area contributed by atoms with Gasteiger partial charge in [-0.15, -0.1) is 0 Å². The van der Waals surface area contributed by atoms with Gasteiger partial charge in [0.25, 0.3) is 6.43 Å². The number of anilines is 1. The molecular formula is C13H12F2IN3. The number of aromatic nitrogens is 2. The number of nitrogen functional groups attached to an aromatic ring is 1. The molecule has 0 unspecified atom stereocenters. The molecule has 0 aliphatic rings. The Morgan fingerprint density at radius 1 is 1.32 bits per heavy atom. The van der Waals surface area contributed by atoms with Gasteiger partial charge in [0.1, 0.15) is 5.82 Å². The number of halogens is 3. The lowest BCUT2D eigenvalue weighted by Crippen LogP contribution is -2.04. The largest absolute Gasteiger partial charge is 0.383 e. The molecule has 100 valence electrons. The first-order chi connectivity index (χ1) is 9.02. The highest BCUT2D eigenvalue weighted by Crippen LogP contribution is 2.26. The van der Waals surface area contributed by atoms with Gasteiger partial charge in [0, 0.05) is 11.1 Å². The fraction of sp³-hybridized carbons (Fsp3) is 0.231. The number of alkyl halides is 2. The molecular weight excluding hydrogens is 363 g/mol. The molecule has 0 amide bonds. The first kappa shape index (κ1) is 14.1. The standard InChI is InChI=1S/C13H12F2IN3/c1-2-9-10(16)12(17)19-13(18-9)8-5-3-4-7(6-8)11(14)15/h3-6,11H,2H2,1H3,(H2,17,18,19). The van der Waals surface area contributed by atoms with Crippen LogP contribution < -0.4 is 5.73 Å². The van der Waals surface area contributed by atoms with E-state index in [-0.39, 0.29) is 5.56 Å². The summed E-state index contributed by atoms with van der Waals surface area (Å²) in [5.74, 6) is 0.766. The predicted octanol–water partition coefficient (Wildman–Crippen LogP) is 3.83. The summed E-state index contributed by atoms with van der Waals surface area (Å²) >= 11 is 2.09. The van der Waals surface area contributed by atoms with Gasteiger partial charge in [-0.3, -0.25) is 0 Å². The van der Waals surface area contributed by atoms with Gasteiger partial charge in [-0.05, 0) is 35.1 Å². The second kappa shape index (κ2) is 5.77. The van der Waals surface area contributed by atoms with Crippen LogP contribution in [0.4, 0.5) is 14.6 Å². The SMILES string of the molecule is CCc1nc(-c2cccc(C(F)F)c2)nc(N)c1I. The second-order valence-corrected chi connectivity index (χ2v) is 5.05. The third-order valence-corrected chi connectivity index (χ3v) is 3.85. The molecule has 1 heterocycles. The molecule has 0 aliphatic carbocycles. The lowest BCUT2D eigenvalue weighted by Gasteiger charge is -2.08. The molecule has 2 N–H and O–H groups in total. The smallest absolute Gasteiger partial charge is 0.263 e. The van der Waals surface area contributed by atoms with Crippen LogP contribution in [0, 0.1) is 3.57 Å². The maximum Gasteiger partial charge on any atom is 0.263 e. The summed E-state index contributed by atoms with van der Waals surface area (Å²) in [4.78, 5) is 8.55. The summed E-state index contributed by atoms with van der Waals surface area (Å²) in [6.07, 6.45) is -1.79. The molecule has 0 saturated heterocycles. The van der Waals surface area contributed by atoms with Crippen molar-refractivity contribution in [2.75, 3.05) is 5.73 Å². The van der Waals surface area contributed by atoms with Crippen LogP contribution in [0.25, 0.3) is 11.4 Å². The number of hydrogen-bond acceptors (Lipinski definition) is 3. The van der Waals surface area contributed by atoms with Gasteiger partial charge in [0.15, 0.2) is 5.82 Å². The van der Waals surface area contributed by atoms with Crippen LogP contribution in [0.3, 0.4) is 0 Å². The van der Waals surface area contributed by atoms with E-state index in [1.54, 1.807) is 12.1 Å². The molecule has 1 aromatic heterocycles. The lowest BCUT2D eigenvalue weighted by molar-refractivity contribution is 0.151. The lowest BCUT2D eigenvalue weighted by atomic mass is 10.1. The minimum Gasteiger partial charge on any atom is -0.383 e. The fourth-order valence-electron chi connectivity index (χ4n) is 1.69. The molecule has 2 rings (SSSR count). The average molecular weight is 375 g/mol. The minimum absolute atomic E-state index is 0.0451. The summed E-state index contributed by atoms with van der Waals surface area (Å²) < 4.78 is 26.2. The van der Waals surface area contributed by atoms with Gasteiger partial charge in [-0.2, -0.15) is 0 Å². The molecule has 1 aromatic carbocycles. The van der Waals surface area contributed by atoms with Crippen molar-refractivity contribution in [3.05, 3.63) is 39.1 Å². The van der Waals surface area contributed by atoms with E-state index in [1.807, 2.05) is 6.92 Å². The number of aryl methyl sites for hydroxylation is 1. The normalized spacial score (nSPS) is 11.0. The van der Waals surface area contributed by atoms with E-state index < -0.39 is 6.43 Å². The zero-order valence-corrected chi connectivity index (χ0v) is 12.4. The number of nitrogens with two attached hydrogens (primary N) is 1. The van der Waals surface area contributed by atoms with Crippen molar-refractivity contribution in [3.63, 3.8) is 0 Å². The summed E-state index contributed by atoms with van der Waals surface area (Å²) in [5, 5.41) is 0. The van der Waals surface area contributed by atoms with Crippen LogP contribution in [-0.2, 0) is 6.42 Å². The van der Waals surface area contributed by atoms with Crippen LogP contribution in [0.5, 0.6) is 0 Å². The highest BCUT2D eigenvalue weighted by atomic mass is 127. The monoisotopic (exact) mass is 375 g/mol. The number of hydrogen-bond donors (Lipinski definition) is 1. The Labute approximate surface area is 123 Å². The first-order valence-electron chi connectivity index (χ1n) is 5.73. The first-order valence-corrected chi connectivity index (χ1v) is 6.81. The van der Waals surface area contributed by atoms with Gasteiger partial charge >= 0.3 is 0 Å². The van der Waals surface area contributed by atoms with Gasteiger partial charge in [-0.1, -0.05) is 25.1 Å². The van der Waals surface area contributed by atoms with Crippen LogP contribution in [0.15, 0.2) is 24.3 Å². The molecule has 0 fully saturated rings. The summed E-state index contributed by atoms with van der Waals surface area (Å²) in [5.41, 5.74) is 7.16. The van der Waals surface area contributed by atoms with Gasteiger partial charge in [0.05, 0.1) is 9.26 Å². The maximum atomic E-state index is 12.7. The van der Waals surface area contributed by atoms with E-state index in [4.69, 9.17) is 5.73 Å². The Balaban J connectivity index is 2.53. The second-order valence-electron chi connectivity index (χ2n) is 3.97. The Hall–Kier alpha value is -1.31. The molecule has 0 bridgehead atoms. The highest BCUT2D eigenvalue weighted by Gasteiger charge is 2.12. The van der Waals surface area contributed by atoms with Crippen LogP contribution >= 0.6 is 22.6 Å². The molecule has 0 radical (unpaired) electrons. The van der Waals surface area contributed by atoms with Crippen LogP contribution in [0.2, 0.25) is 0 Å². The van der Waals surface area contributed by atoms with Crippen molar-refractivity contribution < 1.29 is 8.78 Å². The number of rotatable bonds is 3. The quantitative estimate of drug-likeness (QED) is 0.830. The van der Waals surface area contributed by atoms with Gasteiger partial charge in [0.2, 0.25) is 0 Å². The molecule has 0 spiro atoms. The van der Waals surface area contributed by atoms with Gasteiger partial charge in [-0.25, -0.2) is 18.7 Å². The molecule has 0 atom stereocenters.